The fourth-order valence-electron chi connectivity index (χ4n) is 2.75. The number of rotatable bonds is 7. The van der Waals surface area contributed by atoms with Crippen LogP contribution in [0, 0.1) is 0 Å². The molecule has 1 N–H and O–H groups in total. The van der Waals surface area contributed by atoms with Crippen molar-refractivity contribution >= 4 is 17.4 Å². The number of hydrogen-bond donors (Lipinski definition) is 1. The van der Waals surface area contributed by atoms with Crippen molar-refractivity contribution in [3.8, 4) is 11.5 Å². The maximum absolute atomic E-state index is 12.7. The van der Waals surface area contributed by atoms with Gasteiger partial charge in [0.15, 0.2) is 0 Å². The molecule has 0 unspecified atom stereocenters. The van der Waals surface area contributed by atoms with Crippen LogP contribution < -0.4 is 14.8 Å². The van der Waals surface area contributed by atoms with E-state index in [2.05, 4.69) is 5.32 Å². The highest BCUT2D eigenvalue weighted by atomic mass is 16.5. The van der Waals surface area contributed by atoms with E-state index in [9.17, 15) is 9.59 Å². The van der Waals surface area contributed by atoms with Crippen molar-refractivity contribution in [2.45, 2.75) is 6.54 Å². The molecule has 0 radical (unpaired) electrons. The number of ketones is 1. The second kappa shape index (κ2) is 8.23. The molecule has 0 saturated carbocycles. The van der Waals surface area contributed by atoms with Crippen LogP contribution in [0.25, 0.3) is 0 Å². The van der Waals surface area contributed by atoms with Gasteiger partial charge in [-0.3, -0.25) is 9.59 Å². The average molecular weight is 364 g/mol. The van der Waals surface area contributed by atoms with Gasteiger partial charge in [0, 0.05) is 18.8 Å². The van der Waals surface area contributed by atoms with Gasteiger partial charge in [-0.15, -0.1) is 0 Å². The predicted molar refractivity (Wildman–Crippen MR) is 102 cm³/mol. The number of Topliss-reactive ketones (excluding diaryl/α,β-unsaturated/α-hetero) is 1. The van der Waals surface area contributed by atoms with Gasteiger partial charge < -0.3 is 19.4 Å². The SMILES string of the molecule is COc1ccc(OC)c(NC(=O)C(=O)c2cccn2Cc2ccccc2)c1. The monoisotopic (exact) mass is 364 g/mol. The lowest BCUT2D eigenvalue weighted by molar-refractivity contribution is -0.112. The van der Waals surface area contributed by atoms with Crippen molar-refractivity contribution in [2.24, 2.45) is 0 Å². The molecule has 0 bridgehead atoms. The third-order valence-corrected chi connectivity index (χ3v) is 4.12. The van der Waals surface area contributed by atoms with E-state index in [1.807, 2.05) is 30.3 Å². The number of benzene rings is 2. The quantitative estimate of drug-likeness (QED) is 0.515. The van der Waals surface area contributed by atoms with Gasteiger partial charge in [0.25, 0.3) is 11.7 Å². The van der Waals surface area contributed by atoms with Crippen LogP contribution in [0.3, 0.4) is 0 Å². The maximum Gasteiger partial charge on any atom is 0.298 e. The number of ether oxygens (including phenoxy) is 2. The lowest BCUT2D eigenvalue weighted by atomic mass is 10.2. The minimum atomic E-state index is -0.741. The number of carbonyl (C=O) groups is 2. The van der Waals surface area contributed by atoms with Crippen LogP contribution in [0.2, 0.25) is 0 Å². The summed E-state index contributed by atoms with van der Waals surface area (Å²) in [5, 5.41) is 2.61. The fraction of sp³-hybridized carbons (Fsp3) is 0.143. The molecular weight excluding hydrogens is 344 g/mol. The largest absolute Gasteiger partial charge is 0.497 e. The zero-order valence-electron chi connectivity index (χ0n) is 15.1. The summed E-state index contributed by atoms with van der Waals surface area (Å²) in [6, 6.07) is 18.1. The molecule has 1 amide bonds. The summed E-state index contributed by atoms with van der Waals surface area (Å²) >= 11 is 0. The Morgan fingerprint density at radius 3 is 2.44 bits per heavy atom. The summed E-state index contributed by atoms with van der Waals surface area (Å²) in [6.07, 6.45) is 1.78. The summed E-state index contributed by atoms with van der Waals surface area (Å²) in [5.41, 5.74) is 1.73. The normalized spacial score (nSPS) is 10.3. The van der Waals surface area contributed by atoms with Crippen molar-refractivity contribution in [1.82, 2.24) is 4.57 Å². The summed E-state index contributed by atoms with van der Waals surface area (Å²) < 4.78 is 12.1. The number of anilines is 1. The number of carbonyl (C=O) groups excluding carboxylic acids is 2. The van der Waals surface area contributed by atoms with E-state index in [4.69, 9.17) is 9.47 Å². The topological polar surface area (TPSA) is 69.6 Å². The van der Waals surface area contributed by atoms with E-state index in [0.29, 0.717) is 29.4 Å². The van der Waals surface area contributed by atoms with E-state index in [1.54, 1.807) is 41.1 Å². The summed E-state index contributed by atoms with van der Waals surface area (Å²) in [4.78, 5) is 25.2. The molecule has 3 aromatic rings. The van der Waals surface area contributed by atoms with Crippen LogP contribution in [0.4, 0.5) is 5.69 Å². The highest BCUT2D eigenvalue weighted by Crippen LogP contribution is 2.29. The first-order valence-electron chi connectivity index (χ1n) is 8.39. The Morgan fingerprint density at radius 2 is 1.74 bits per heavy atom. The number of nitrogens with zero attached hydrogens (tertiary/aromatic N) is 1. The Bertz CT molecular complexity index is 948. The first-order chi connectivity index (χ1) is 13.1. The summed E-state index contributed by atoms with van der Waals surface area (Å²) in [7, 11) is 3.01. The van der Waals surface area contributed by atoms with Crippen LogP contribution in [-0.2, 0) is 11.3 Å². The van der Waals surface area contributed by atoms with Crippen LogP contribution in [0.5, 0.6) is 11.5 Å². The molecule has 0 atom stereocenters. The van der Waals surface area contributed by atoms with E-state index in [-0.39, 0.29) is 0 Å². The zero-order chi connectivity index (χ0) is 19.2. The standard InChI is InChI=1S/C21H20N2O4/c1-26-16-10-11-19(27-2)17(13-16)22-21(25)20(24)18-9-6-12-23(18)14-15-7-4-3-5-8-15/h3-13H,14H2,1-2H3,(H,22,25). The Hall–Kier alpha value is -3.54. The first-order valence-corrected chi connectivity index (χ1v) is 8.39. The zero-order valence-corrected chi connectivity index (χ0v) is 15.1. The van der Waals surface area contributed by atoms with Crippen molar-refractivity contribution in [2.75, 3.05) is 19.5 Å². The average Bonchev–Trinajstić information content (AvgIpc) is 3.16. The maximum atomic E-state index is 12.7. The lowest BCUT2D eigenvalue weighted by Crippen LogP contribution is -2.25. The molecule has 0 fully saturated rings. The van der Waals surface area contributed by atoms with E-state index in [1.165, 1.54) is 14.2 Å². The number of nitrogens with one attached hydrogen (secondary N) is 1. The van der Waals surface area contributed by atoms with Crippen LogP contribution in [-0.4, -0.2) is 30.5 Å². The third kappa shape index (κ3) is 4.17. The Morgan fingerprint density at radius 1 is 0.963 bits per heavy atom. The number of methoxy groups -OCH3 is 2. The van der Waals surface area contributed by atoms with Crippen molar-refractivity contribution in [3.63, 3.8) is 0 Å². The van der Waals surface area contributed by atoms with Gasteiger partial charge >= 0.3 is 0 Å². The number of hydrogen-bond acceptors (Lipinski definition) is 4. The molecule has 1 aromatic heterocycles. The van der Waals surface area contributed by atoms with Crippen LogP contribution >= 0.6 is 0 Å². The van der Waals surface area contributed by atoms with Gasteiger partial charge in [-0.1, -0.05) is 30.3 Å². The predicted octanol–water partition coefficient (Wildman–Crippen LogP) is 3.38. The van der Waals surface area contributed by atoms with Crippen molar-refractivity contribution < 1.29 is 19.1 Å². The van der Waals surface area contributed by atoms with E-state index < -0.39 is 11.7 Å². The van der Waals surface area contributed by atoms with E-state index >= 15 is 0 Å². The third-order valence-electron chi connectivity index (χ3n) is 4.12. The van der Waals surface area contributed by atoms with Gasteiger partial charge in [0.1, 0.15) is 11.5 Å². The highest BCUT2D eigenvalue weighted by molar-refractivity contribution is 6.46. The molecule has 0 saturated heterocycles. The molecule has 138 valence electrons. The molecule has 6 nitrogen and oxygen atoms in total. The molecule has 2 aromatic carbocycles. The second-order valence-electron chi connectivity index (χ2n) is 5.86. The highest BCUT2D eigenvalue weighted by Gasteiger charge is 2.21. The minimum Gasteiger partial charge on any atom is -0.497 e. The lowest BCUT2D eigenvalue weighted by Gasteiger charge is -2.12. The molecule has 0 aliphatic rings. The molecule has 0 spiro atoms. The first kappa shape index (κ1) is 18.3. The van der Waals surface area contributed by atoms with Gasteiger partial charge in [-0.05, 0) is 29.8 Å². The molecule has 27 heavy (non-hydrogen) atoms. The molecular formula is C21H20N2O4. The van der Waals surface area contributed by atoms with E-state index in [0.717, 1.165) is 5.56 Å². The fourth-order valence-corrected chi connectivity index (χ4v) is 2.75. The van der Waals surface area contributed by atoms with Crippen molar-refractivity contribution in [1.29, 1.82) is 0 Å². The van der Waals surface area contributed by atoms with Gasteiger partial charge in [0.2, 0.25) is 0 Å². The Labute approximate surface area is 157 Å². The van der Waals surface area contributed by atoms with Crippen molar-refractivity contribution in [3.05, 3.63) is 78.1 Å². The number of aromatic nitrogens is 1. The molecule has 0 aliphatic heterocycles. The Kier molecular flexibility index (Phi) is 5.56. The molecule has 6 heteroatoms. The minimum absolute atomic E-state index is 0.318. The summed E-state index contributed by atoms with van der Waals surface area (Å²) in [5.74, 6) is -0.377. The molecule has 3 rings (SSSR count). The Balaban J connectivity index is 1.79. The smallest absolute Gasteiger partial charge is 0.298 e. The second-order valence-corrected chi connectivity index (χ2v) is 5.86. The molecule has 1 heterocycles. The summed E-state index contributed by atoms with van der Waals surface area (Å²) in [6.45, 7) is 0.505. The number of amides is 1. The van der Waals surface area contributed by atoms with Gasteiger partial charge in [-0.25, -0.2) is 0 Å². The van der Waals surface area contributed by atoms with Gasteiger partial charge in [0.05, 0.1) is 25.6 Å². The van der Waals surface area contributed by atoms with Crippen LogP contribution in [0.15, 0.2) is 66.9 Å². The molecule has 0 aliphatic carbocycles. The van der Waals surface area contributed by atoms with Crippen LogP contribution in [0.1, 0.15) is 16.1 Å². The van der Waals surface area contributed by atoms with Gasteiger partial charge in [-0.2, -0.15) is 0 Å².